The number of thiocarbonyl (C=S) groups is 1. The Hall–Kier alpha value is -1.38. The van der Waals surface area contributed by atoms with Crippen molar-refractivity contribution in [2.45, 2.75) is 25.8 Å². The first-order valence-electron chi connectivity index (χ1n) is 7.24. The van der Waals surface area contributed by atoms with Gasteiger partial charge in [0.25, 0.3) is 0 Å². The fraction of sp³-hybridized carbons (Fsp3) is 0.467. The molecule has 0 aliphatic rings. The van der Waals surface area contributed by atoms with Crippen LogP contribution < -0.4 is 20.9 Å². The molecule has 0 aliphatic carbocycles. The Morgan fingerprint density at radius 3 is 2.65 bits per heavy atom. The molecule has 0 fully saturated rings. The van der Waals surface area contributed by atoms with Crippen LogP contribution in [0.15, 0.2) is 28.7 Å². The third kappa shape index (κ3) is 9.37. The molecule has 8 heteroatoms. The first-order valence-corrected chi connectivity index (χ1v) is 8.44. The second kappa shape index (κ2) is 11.2. The molecule has 1 aromatic carbocycles. The van der Waals surface area contributed by atoms with Gasteiger partial charge in [-0.25, -0.2) is 0 Å². The van der Waals surface area contributed by atoms with Gasteiger partial charge >= 0.3 is 0 Å². The summed E-state index contributed by atoms with van der Waals surface area (Å²) in [6.45, 7) is 2.94. The van der Waals surface area contributed by atoms with E-state index in [4.69, 9.17) is 21.7 Å². The lowest BCUT2D eigenvalue weighted by molar-refractivity contribution is -0.121. The molecule has 128 valence electrons. The number of hydrazine groups is 1. The van der Waals surface area contributed by atoms with Crippen molar-refractivity contribution >= 4 is 39.2 Å². The first-order chi connectivity index (χ1) is 11.0. The summed E-state index contributed by atoms with van der Waals surface area (Å²) in [7, 11) is 1.62. The summed E-state index contributed by atoms with van der Waals surface area (Å²) in [5.74, 6) is 0.636. The Labute approximate surface area is 150 Å². The lowest BCUT2D eigenvalue weighted by Crippen LogP contribution is -2.49. The largest absolute Gasteiger partial charge is 0.494 e. The minimum Gasteiger partial charge on any atom is -0.494 e. The summed E-state index contributed by atoms with van der Waals surface area (Å²) in [4.78, 5) is 11.7. The maximum atomic E-state index is 11.7. The molecule has 23 heavy (non-hydrogen) atoms. The van der Waals surface area contributed by atoms with Gasteiger partial charge in [-0.05, 0) is 49.8 Å². The van der Waals surface area contributed by atoms with Crippen LogP contribution in [0.3, 0.4) is 0 Å². The molecular formula is C15H22BrN3O3S. The quantitative estimate of drug-likeness (QED) is 0.350. The summed E-state index contributed by atoms with van der Waals surface area (Å²) >= 11 is 8.41. The summed E-state index contributed by atoms with van der Waals surface area (Å²) in [5.41, 5.74) is 5.20. The Kier molecular flexibility index (Phi) is 9.58. The van der Waals surface area contributed by atoms with E-state index in [1.165, 1.54) is 0 Å². The van der Waals surface area contributed by atoms with Gasteiger partial charge in [0.15, 0.2) is 5.11 Å². The minimum absolute atomic E-state index is 0.0659. The molecule has 0 unspecified atom stereocenters. The molecule has 1 amide bonds. The zero-order valence-electron chi connectivity index (χ0n) is 13.2. The second-order valence-electron chi connectivity index (χ2n) is 4.91. The van der Waals surface area contributed by atoms with E-state index in [0.29, 0.717) is 31.2 Å². The van der Waals surface area contributed by atoms with E-state index in [2.05, 4.69) is 32.1 Å². The van der Waals surface area contributed by atoms with Gasteiger partial charge in [-0.1, -0.05) is 15.9 Å². The van der Waals surface area contributed by atoms with Crippen molar-refractivity contribution in [3.63, 3.8) is 0 Å². The summed E-state index contributed by atoms with van der Waals surface area (Å²) < 4.78 is 11.5. The number of rotatable bonds is 8. The molecule has 1 aromatic rings. The van der Waals surface area contributed by atoms with Crippen LogP contribution in [-0.4, -0.2) is 37.4 Å². The molecular weight excluding hydrogens is 382 g/mol. The highest BCUT2D eigenvalue weighted by molar-refractivity contribution is 9.10. The zero-order chi connectivity index (χ0) is 17.1. The van der Waals surface area contributed by atoms with Gasteiger partial charge in [-0.15, -0.1) is 0 Å². The van der Waals surface area contributed by atoms with E-state index in [1.807, 2.05) is 31.2 Å². The predicted octanol–water partition coefficient (Wildman–Crippen LogP) is 2.14. The fourth-order valence-corrected chi connectivity index (χ4v) is 2.21. The van der Waals surface area contributed by atoms with Crippen molar-refractivity contribution < 1.29 is 14.3 Å². The van der Waals surface area contributed by atoms with Gasteiger partial charge in [-0.3, -0.25) is 15.6 Å². The highest BCUT2D eigenvalue weighted by Crippen LogP contribution is 2.16. The van der Waals surface area contributed by atoms with Crippen LogP contribution in [0, 0.1) is 0 Å². The standard InChI is InChI=1S/C15H22BrN3O3S/c1-11(10-21-2)17-15(23)19-18-14(20)4-3-9-22-13-7-5-12(16)6-8-13/h5-8,11H,3-4,9-10H2,1-2H3,(H,18,20)(H2,17,19,23)/t11-/m1/s1. The molecule has 1 atom stereocenters. The topological polar surface area (TPSA) is 71.6 Å². The van der Waals surface area contributed by atoms with Crippen LogP contribution >= 0.6 is 28.1 Å². The minimum atomic E-state index is -0.145. The van der Waals surface area contributed by atoms with Crippen molar-refractivity contribution in [3.05, 3.63) is 28.7 Å². The number of nitrogens with one attached hydrogen (secondary N) is 3. The highest BCUT2D eigenvalue weighted by Gasteiger charge is 2.05. The zero-order valence-corrected chi connectivity index (χ0v) is 15.6. The lowest BCUT2D eigenvalue weighted by Gasteiger charge is -2.16. The molecule has 0 radical (unpaired) electrons. The maximum Gasteiger partial charge on any atom is 0.238 e. The third-order valence-electron chi connectivity index (χ3n) is 2.74. The monoisotopic (exact) mass is 403 g/mol. The number of hydrogen-bond donors (Lipinski definition) is 3. The predicted molar refractivity (Wildman–Crippen MR) is 97.2 cm³/mol. The Morgan fingerprint density at radius 1 is 1.30 bits per heavy atom. The lowest BCUT2D eigenvalue weighted by atomic mass is 10.3. The Bertz CT molecular complexity index is 499. The van der Waals surface area contributed by atoms with Crippen molar-refractivity contribution in [2.24, 2.45) is 0 Å². The van der Waals surface area contributed by atoms with E-state index in [0.717, 1.165) is 10.2 Å². The number of amides is 1. The molecule has 0 bridgehead atoms. The number of carbonyl (C=O) groups is 1. The average molecular weight is 404 g/mol. The van der Waals surface area contributed by atoms with E-state index in [-0.39, 0.29) is 11.9 Å². The normalized spacial score (nSPS) is 11.4. The molecule has 0 heterocycles. The number of halogens is 1. The van der Waals surface area contributed by atoms with Gasteiger partial charge in [0.1, 0.15) is 5.75 Å². The molecule has 0 saturated heterocycles. The van der Waals surface area contributed by atoms with Crippen molar-refractivity contribution in [3.8, 4) is 5.75 Å². The molecule has 0 aromatic heterocycles. The first kappa shape index (κ1) is 19.7. The molecule has 6 nitrogen and oxygen atoms in total. The van der Waals surface area contributed by atoms with Crippen LogP contribution in [0.2, 0.25) is 0 Å². The van der Waals surface area contributed by atoms with Gasteiger partial charge in [0.2, 0.25) is 5.91 Å². The summed E-state index contributed by atoms with van der Waals surface area (Å²) in [6, 6.07) is 7.62. The molecule has 1 rings (SSSR count). The van der Waals surface area contributed by atoms with Crippen LogP contribution in [0.1, 0.15) is 19.8 Å². The van der Waals surface area contributed by atoms with Crippen LogP contribution in [0.5, 0.6) is 5.75 Å². The summed E-state index contributed by atoms with van der Waals surface area (Å²) in [6.07, 6.45) is 0.962. The van der Waals surface area contributed by atoms with Gasteiger partial charge < -0.3 is 14.8 Å². The summed E-state index contributed by atoms with van der Waals surface area (Å²) in [5, 5.41) is 3.34. The van der Waals surface area contributed by atoms with Gasteiger partial charge in [0, 0.05) is 24.0 Å². The molecule has 0 spiro atoms. The Balaban J connectivity index is 2.10. The molecule has 0 aliphatic heterocycles. The van der Waals surface area contributed by atoms with Crippen molar-refractivity contribution in [2.75, 3.05) is 20.3 Å². The maximum absolute atomic E-state index is 11.7. The number of methoxy groups -OCH3 is 1. The number of ether oxygens (including phenoxy) is 2. The van der Waals surface area contributed by atoms with Gasteiger partial charge in [0.05, 0.1) is 13.2 Å². The molecule has 3 N–H and O–H groups in total. The highest BCUT2D eigenvalue weighted by atomic mass is 79.9. The smallest absolute Gasteiger partial charge is 0.238 e. The Morgan fingerprint density at radius 2 is 2.00 bits per heavy atom. The van der Waals surface area contributed by atoms with Crippen molar-refractivity contribution in [1.29, 1.82) is 0 Å². The number of hydrogen-bond acceptors (Lipinski definition) is 4. The van der Waals surface area contributed by atoms with E-state index < -0.39 is 0 Å². The SMILES string of the molecule is COC[C@@H](C)NC(=S)NNC(=O)CCCOc1ccc(Br)cc1. The average Bonchev–Trinajstić information content (AvgIpc) is 2.51. The van der Waals surface area contributed by atoms with Crippen molar-refractivity contribution in [1.82, 2.24) is 16.2 Å². The molecule has 0 saturated carbocycles. The van der Waals surface area contributed by atoms with Crippen LogP contribution in [0.25, 0.3) is 0 Å². The second-order valence-corrected chi connectivity index (χ2v) is 6.23. The fourth-order valence-electron chi connectivity index (χ4n) is 1.69. The van der Waals surface area contributed by atoms with Gasteiger partial charge in [-0.2, -0.15) is 0 Å². The third-order valence-corrected chi connectivity index (χ3v) is 3.49. The van der Waals surface area contributed by atoms with E-state index in [9.17, 15) is 4.79 Å². The van der Waals surface area contributed by atoms with E-state index in [1.54, 1.807) is 7.11 Å². The van der Waals surface area contributed by atoms with Crippen LogP contribution in [-0.2, 0) is 9.53 Å². The van der Waals surface area contributed by atoms with E-state index >= 15 is 0 Å². The van der Waals surface area contributed by atoms with Crippen LogP contribution in [0.4, 0.5) is 0 Å². The number of benzene rings is 1. The number of carbonyl (C=O) groups excluding carboxylic acids is 1.